The first-order chi connectivity index (χ1) is 14.4. The molecule has 7 nitrogen and oxygen atoms in total. The van der Waals surface area contributed by atoms with Gasteiger partial charge in [-0.3, -0.25) is 9.59 Å². The summed E-state index contributed by atoms with van der Waals surface area (Å²) in [4.78, 5) is 23.9. The molecule has 2 N–H and O–H groups in total. The van der Waals surface area contributed by atoms with Gasteiger partial charge in [0.05, 0.1) is 28.5 Å². The highest BCUT2D eigenvalue weighted by Crippen LogP contribution is 2.36. The minimum Gasteiger partial charge on any atom is -0.493 e. The first-order valence-corrected chi connectivity index (χ1v) is 9.91. The molecule has 0 aliphatic heterocycles. The van der Waals surface area contributed by atoms with E-state index in [0.717, 1.165) is 0 Å². The van der Waals surface area contributed by atoms with Crippen molar-refractivity contribution < 1.29 is 19.1 Å². The van der Waals surface area contributed by atoms with Crippen molar-refractivity contribution in [2.24, 2.45) is 5.10 Å². The summed E-state index contributed by atoms with van der Waals surface area (Å²) in [5.41, 5.74) is 3.53. The molecule has 9 heteroatoms. The van der Waals surface area contributed by atoms with Crippen molar-refractivity contribution in [2.45, 2.75) is 12.8 Å². The molecule has 0 aliphatic rings. The molecule has 2 amide bonds. The third-order valence-corrected chi connectivity index (χ3v) is 4.60. The average Bonchev–Trinajstić information content (AvgIpc) is 2.73. The highest BCUT2D eigenvalue weighted by molar-refractivity contribution is 9.10. The van der Waals surface area contributed by atoms with Gasteiger partial charge in [0.1, 0.15) is 6.61 Å². The van der Waals surface area contributed by atoms with Crippen LogP contribution < -0.4 is 20.2 Å². The zero-order valence-electron chi connectivity index (χ0n) is 16.1. The van der Waals surface area contributed by atoms with Gasteiger partial charge in [-0.25, -0.2) is 5.43 Å². The van der Waals surface area contributed by atoms with Crippen molar-refractivity contribution in [2.75, 3.05) is 19.0 Å². The topological polar surface area (TPSA) is 89.0 Å². The second-order valence-electron chi connectivity index (χ2n) is 5.85. The van der Waals surface area contributed by atoms with E-state index in [4.69, 9.17) is 27.5 Å². The molecular weight excluding hydrogens is 474 g/mol. The summed E-state index contributed by atoms with van der Waals surface area (Å²) in [5.74, 6) is 2.60. The number of terminal acetylenes is 1. The van der Waals surface area contributed by atoms with Crippen LogP contribution in [0.3, 0.4) is 0 Å². The van der Waals surface area contributed by atoms with Gasteiger partial charge in [-0.15, -0.1) is 6.42 Å². The van der Waals surface area contributed by atoms with E-state index in [1.54, 1.807) is 36.4 Å². The van der Waals surface area contributed by atoms with Crippen LogP contribution in [-0.4, -0.2) is 31.7 Å². The Labute approximate surface area is 187 Å². The maximum Gasteiger partial charge on any atom is 0.240 e. The first kappa shape index (κ1) is 23.3. The summed E-state index contributed by atoms with van der Waals surface area (Å²) >= 11 is 9.37. The summed E-state index contributed by atoms with van der Waals surface area (Å²) in [6, 6.07) is 10.3. The van der Waals surface area contributed by atoms with Gasteiger partial charge in [-0.2, -0.15) is 5.10 Å². The second-order valence-corrected chi connectivity index (χ2v) is 7.11. The fraction of sp³-hybridized carbons (Fsp3) is 0.190. The molecule has 30 heavy (non-hydrogen) atoms. The Balaban J connectivity index is 1.87. The van der Waals surface area contributed by atoms with Crippen molar-refractivity contribution in [3.8, 4) is 23.8 Å². The molecule has 0 saturated carbocycles. The molecular formula is C21H19BrClN3O4. The largest absolute Gasteiger partial charge is 0.493 e. The number of carbonyl (C=O) groups is 2. The summed E-state index contributed by atoms with van der Waals surface area (Å²) in [6.07, 6.45) is 6.62. The smallest absolute Gasteiger partial charge is 0.240 e. The molecule has 0 unspecified atom stereocenters. The lowest BCUT2D eigenvalue weighted by Gasteiger charge is -2.11. The lowest BCUT2D eigenvalue weighted by atomic mass is 10.2. The number of hydrogen-bond donors (Lipinski definition) is 2. The molecule has 0 aromatic heterocycles. The molecule has 0 radical (unpaired) electrons. The normalized spacial score (nSPS) is 10.3. The highest BCUT2D eigenvalue weighted by Gasteiger charge is 2.11. The Morgan fingerprint density at radius 3 is 2.70 bits per heavy atom. The second kappa shape index (κ2) is 11.9. The van der Waals surface area contributed by atoms with Gasteiger partial charge in [0.15, 0.2) is 11.5 Å². The fourth-order valence-electron chi connectivity index (χ4n) is 2.31. The van der Waals surface area contributed by atoms with Crippen molar-refractivity contribution in [1.82, 2.24) is 5.43 Å². The van der Waals surface area contributed by atoms with Crippen LogP contribution in [0.15, 0.2) is 46.0 Å². The molecule has 0 saturated heterocycles. The Hall–Kier alpha value is -3.02. The fourth-order valence-corrected chi connectivity index (χ4v) is 3.06. The van der Waals surface area contributed by atoms with Crippen molar-refractivity contribution in [3.63, 3.8) is 0 Å². The van der Waals surface area contributed by atoms with Crippen LogP contribution in [0, 0.1) is 12.3 Å². The molecule has 0 heterocycles. The third-order valence-electron chi connectivity index (χ3n) is 3.68. The summed E-state index contributed by atoms with van der Waals surface area (Å²) in [5, 5.41) is 6.98. The van der Waals surface area contributed by atoms with Gasteiger partial charge >= 0.3 is 0 Å². The van der Waals surface area contributed by atoms with E-state index in [1.165, 1.54) is 13.3 Å². The monoisotopic (exact) mass is 491 g/mol. The Morgan fingerprint density at radius 2 is 2.00 bits per heavy atom. The minimum atomic E-state index is -0.402. The Kier molecular flexibility index (Phi) is 9.19. The predicted octanol–water partition coefficient (Wildman–Crippen LogP) is 3.99. The van der Waals surface area contributed by atoms with Gasteiger partial charge < -0.3 is 14.8 Å². The number of rotatable bonds is 9. The number of hydrogen-bond acceptors (Lipinski definition) is 5. The van der Waals surface area contributed by atoms with Gasteiger partial charge in [0, 0.05) is 12.8 Å². The molecule has 2 aromatic carbocycles. The predicted molar refractivity (Wildman–Crippen MR) is 120 cm³/mol. The highest BCUT2D eigenvalue weighted by atomic mass is 79.9. The number of carbonyl (C=O) groups excluding carboxylic acids is 2. The summed E-state index contributed by atoms with van der Waals surface area (Å²) in [7, 11) is 1.50. The maximum atomic E-state index is 11.9. The first-order valence-electron chi connectivity index (χ1n) is 8.74. The molecule has 0 fully saturated rings. The molecule has 0 bridgehead atoms. The Morgan fingerprint density at radius 1 is 1.27 bits per heavy atom. The molecule has 0 aliphatic carbocycles. The third kappa shape index (κ3) is 7.10. The van der Waals surface area contributed by atoms with Gasteiger partial charge in [0.25, 0.3) is 0 Å². The SMILES string of the molecule is C#CCOc1c(Br)cc(C=NNC(=O)CCC(=O)Nc2ccccc2Cl)cc1OC. The Bertz CT molecular complexity index is 989. The van der Waals surface area contributed by atoms with Crippen molar-refractivity contribution in [3.05, 3.63) is 51.5 Å². The van der Waals surface area contributed by atoms with Crippen molar-refractivity contribution in [1.29, 1.82) is 0 Å². The van der Waals surface area contributed by atoms with E-state index in [9.17, 15) is 9.59 Å². The number of nitrogens with zero attached hydrogens (tertiary/aromatic N) is 1. The van der Waals surface area contributed by atoms with E-state index in [-0.39, 0.29) is 25.4 Å². The number of hydrazone groups is 1. The van der Waals surface area contributed by atoms with Crippen LogP contribution in [-0.2, 0) is 9.59 Å². The average molecular weight is 493 g/mol. The summed E-state index contributed by atoms with van der Waals surface area (Å²) < 4.78 is 11.4. The number of halogens is 2. The van der Waals surface area contributed by atoms with E-state index in [2.05, 4.69) is 37.7 Å². The summed E-state index contributed by atoms with van der Waals surface area (Å²) in [6.45, 7) is 0.0997. The number of benzene rings is 2. The minimum absolute atomic E-state index is 0.00678. The molecule has 0 spiro atoms. The van der Waals surface area contributed by atoms with E-state index in [1.807, 2.05) is 0 Å². The number of anilines is 1. The zero-order valence-corrected chi connectivity index (χ0v) is 18.4. The standard InChI is InChI=1S/C21H19BrClN3O4/c1-3-10-30-21-15(22)11-14(12-18(21)29-2)13-24-26-20(28)9-8-19(27)25-17-7-5-4-6-16(17)23/h1,4-7,11-13H,8-10H2,2H3,(H,25,27)(H,26,28). The molecule has 0 atom stereocenters. The van der Waals surface area contributed by atoms with Crippen LogP contribution in [0.25, 0.3) is 0 Å². The quantitative estimate of drug-likeness (QED) is 0.315. The molecule has 156 valence electrons. The number of methoxy groups -OCH3 is 1. The van der Waals surface area contributed by atoms with E-state index in [0.29, 0.717) is 32.2 Å². The van der Waals surface area contributed by atoms with Crippen LogP contribution >= 0.6 is 27.5 Å². The lowest BCUT2D eigenvalue weighted by molar-refractivity contribution is -0.124. The van der Waals surface area contributed by atoms with Crippen LogP contribution in [0.2, 0.25) is 5.02 Å². The lowest BCUT2D eigenvalue weighted by Crippen LogP contribution is -2.20. The van der Waals surface area contributed by atoms with Gasteiger partial charge in [-0.1, -0.05) is 29.7 Å². The molecule has 2 rings (SSSR count). The zero-order chi connectivity index (χ0) is 21.9. The van der Waals surface area contributed by atoms with E-state index >= 15 is 0 Å². The number of para-hydroxylation sites is 1. The number of nitrogens with one attached hydrogen (secondary N) is 2. The maximum absolute atomic E-state index is 11.9. The number of ether oxygens (including phenoxy) is 2. The van der Waals surface area contributed by atoms with Gasteiger partial charge in [0.2, 0.25) is 11.8 Å². The van der Waals surface area contributed by atoms with E-state index < -0.39 is 5.91 Å². The van der Waals surface area contributed by atoms with Crippen molar-refractivity contribution >= 4 is 51.2 Å². The van der Waals surface area contributed by atoms with Gasteiger partial charge in [-0.05, 0) is 45.8 Å². The molecule has 2 aromatic rings. The van der Waals surface area contributed by atoms with Crippen LogP contribution in [0.1, 0.15) is 18.4 Å². The van der Waals surface area contributed by atoms with Crippen LogP contribution in [0.5, 0.6) is 11.5 Å². The van der Waals surface area contributed by atoms with Crippen LogP contribution in [0.4, 0.5) is 5.69 Å². The number of amides is 2.